The predicted molar refractivity (Wildman–Crippen MR) is 114 cm³/mol. The normalized spacial score (nSPS) is 13.7. The molecule has 0 bridgehead atoms. The number of halogens is 1. The Morgan fingerprint density at radius 2 is 1.74 bits per heavy atom. The van der Waals surface area contributed by atoms with Crippen molar-refractivity contribution < 1.29 is 28.1 Å². The topological polar surface area (TPSA) is 54.0 Å². The summed E-state index contributed by atoms with van der Waals surface area (Å²) < 4.78 is 35.6. The summed E-state index contributed by atoms with van der Waals surface area (Å²) >= 11 is 0. The van der Waals surface area contributed by atoms with E-state index in [1.807, 2.05) is 19.1 Å². The molecule has 0 radical (unpaired) electrons. The summed E-state index contributed by atoms with van der Waals surface area (Å²) in [6.07, 6.45) is 1.64. The Balaban J connectivity index is 1.60. The summed E-state index contributed by atoms with van der Waals surface area (Å²) in [6.45, 7) is 2.11. The number of allylic oxidation sites excluding steroid dienone is 1. The minimum Gasteiger partial charge on any atom is -0.493 e. The molecule has 0 spiro atoms. The molecule has 3 aromatic carbocycles. The van der Waals surface area contributed by atoms with Crippen molar-refractivity contribution in [2.75, 3.05) is 14.2 Å². The van der Waals surface area contributed by atoms with E-state index < -0.39 is 0 Å². The Hall–Kier alpha value is -3.80. The number of ether oxygens (including phenoxy) is 4. The second-order valence-electron chi connectivity index (χ2n) is 7.00. The average Bonchev–Trinajstić information content (AvgIpc) is 3.10. The first-order chi connectivity index (χ1) is 15.0. The van der Waals surface area contributed by atoms with E-state index >= 15 is 0 Å². The van der Waals surface area contributed by atoms with Crippen LogP contribution in [0.25, 0.3) is 6.08 Å². The zero-order chi connectivity index (χ0) is 22.0. The van der Waals surface area contributed by atoms with Crippen molar-refractivity contribution in [2.45, 2.75) is 13.5 Å². The van der Waals surface area contributed by atoms with E-state index in [0.29, 0.717) is 39.7 Å². The Morgan fingerprint density at radius 3 is 2.45 bits per heavy atom. The standard InChI is InChI=1S/C25H21FO5/c1-15-20(30-14-16-7-9-18(26)10-8-16)12-11-19-23(27)22(31-24(15)19)13-17-5-4-6-21(28-2)25(17)29-3/h4-13H,14H2,1-3H3/b22-13-. The lowest BCUT2D eigenvalue weighted by Crippen LogP contribution is -1.99. The van der Waals surface area contributed by atoms with Gasteiger partial charge in [0.15, 0.2) is 17.3 Å². The molecule has 6 heteroatoms. The van der Waals surface area contributed by atoms with Gasteiger partial charge in [0.1, 0.15) is 23.9 Å². The van der Waals surface area contributed by atoms with Gasteiger partial charge in [0.25, 0.3) is 0 Å². The van der Waals surface area contributed by atoms with Gasteiger partial charge in [0, 0.05) is 11.1 Å². The molecule has 31 heavy (non-hydrogen) atoms. The quantitative estimate of drug-likeness (QED) is 0.504. The van der Waals surface area contributed by atoms with Crippen LogP contribution < -0.4 is 18.9 Å². The lowest BCUT2D eigenvalue weighted by molar-refractivity contribution is 0.101. The van der Waals surface area contributed by atoms with Crippen molar-refractivity contribution in [3.63, 3.8) is 0 Å². The van der Waals surface area contributed by atoms with Gasteiger partial charge in [0.05, 0.1) is 19.8 Å². The number of carbonyl (C=O) groups excluding carboxylic acids is 1. The van der Waals surface area contributed by atoms with Crippen LogP contribution in [-0.2, 0) is 6.61 Å². The van der Waals surface area contributed by atoms with Gasteiger partial charge in [-0.1, -0.05) is 24.3 Å². The average molecular weight is 420 g/mol. The third-order valence-electron chi connectivity index (χ3n) is 5.06. The van der Waals surface area contributed by atoms with Gasteiger partial charge in [-0.2, -0.15) is 0 Å². The van der Waals surface area contributed by atoms with Gasteiger partial charge in [-0.3, -0.25) is 4.79 Å². The minimum atomic E-state index is -0.295. The maximum atomic E-state index is 13.1. The number of rotatable bonds is 6. The van der Waals surface area contributed by atoms with Crippen LogP contribution in [0.1, 0.15) is 27.0 Å². The molecule has 158 valence electrons. The first-order valence-corrected chi connectivity index (χ1v) is 9.68. The molecule has 1 heterocycles. The van der Waals surface area contributed by atoms with Crippen LogP contribution in [0.15, 0.2) is 60.4 Å². The van der Waals surface area contributed by atoms with Crippen LogP contribution in [-0.4, -0.2) is 20.0 Å². The van der Waals surface area contributed by atoms with Crippen LogP contribution in [0.2, 0.25) is 0 Å². The summed E-state index contributed by atoms with van der Waals surface area (Å²) in [4.78, 5) is 12.9. The summed E-state index contributed by atoms with van der Waals surface area (Å²) in [7, 11) is 3.10. The Labute approximate surface area is 179 Å². The first-order valence-electron chi connectivity index (χ1n) is 9.68. The van der Waals surface area contributed by atoms with E-state index in [1.54, 1.807) is 50.6 Å². The Kier molecular flexibility index (Phi) is 5.62. The largest absolute Gasteiger partial charge is 0.493 e. The van der Waals surface area contributed by atoms with Crippen molar-refractivity contribution >= 4 is 11.9 Å². The summed E-state index contributed by atoms with van der Waals surface area (Å²) in [5.74, 6) is 1.83. The van der Waals surface area contributed by atoms with E-state index in [4.69, 9.17) is 18.9 Å². The zero-order valence-electron chi connectivity index (χ0n) is 17.4. The molecule has 0 saturated carbocycles. The molecule has 1 aliphatic heterocycles. The van der Waals surface area contributed by atoms with Gasteiger partial charge < -0.3 is 18.9 Å². The van der Waals surface area contributed by atoms with E-state index in [0.717, 1.165) is 5.56 Å². The Bertz CT molecular complexity index is 1170. The first kappa shape index (κ1) is 20.5. The van der Waals surface area contributed by atoms with E-state index in [1.165, 1.54) is 12.1 Å². The lowest BCUT2D eigenvalue weighted by Gasteiger charge is -2.12. The van der Waals surface area contributed by atoms with E-state index in [9.17, 15) is 9.18 Å². The molecular formula is C25H21FO5. The van der Waals surface area contributed by atoms with Gasteiger partial charge >= 0.3 is 0 Å². The van der Waals surface area contributed by atoms with Crippen LogP contribution >= 0.6 is 0 Å². The van der Waals surface area contributed by atoms with E-state index in [-0.39, 0.29) is 24.0 Å². The summed E-state index contributed by atoms with van der Waals surface area (Å²) in [6, 6.07) is 15.0. The number of Topliss-reactive ketones (excluding diaryl/α,β-unsaturated/α-hetero) is 1. The molecule has 0 N–H and O–H groups in total. The minimum absolute atomic E-state index is 0.195. The smallest absolute Gasteiger partial charge is 0.231 e. The highest BCUT2D eigenvalue weighted by atomic mass is 19.1. The fraction of sp³-hybridized carbons (Fsp3) is 0.160. The third-order valence-corrected chi connectivity index (χ3v) is 5.06. The second kappa shape index (κ2) is 8.52. The molecule has 0 saturated heterocycles. The molecule has 0 atom stereocenters. The number of hydrogen-bond acceptors (Lipinski definition) is 5. The molecule has 0 fully saturated rings. The number of fused-ring (bicyclic) bond motifs is 1. The monoisotopic (exact) mass is 420 g/mol. The number of benzene rings is 3. The SMILES string of the molecule is COc1cccc(/C=C2\Oc3c(ccc(OCc4ccc(F)cc4)c3C)C2=O)c1OC. The molecule has 4 rings (SSSR count). The molecule has 0 aromatic heterocycles. The maximum Gasteiger partial charge on any atom is 0.231 e. The molecule has 0 unspecified atom stereocenters. The summed E-state index contributed by atoms with van der Waals surface area (Å²) in [5, 5.41) is 0. The van der Waals surface area contributed by atoms with Crippen molar-refractivity contribution in [3.05, 3.63) is 88.4 Å². The molecular weight excluding hydrogens is 399 g/mol. The van der Waals surface area contributed by atoms with Gasteiger partial charge in [0.2, 0.25) is 5.78 Å². The molecule has 0 amide bonds. The maximum absolute atomic E-state index is 13.1. The fourth-order valence-electron chi connectivity index (χ4n) is 3.43. The number of carbonyl (C=O) groups is 1. The van der Waals surface area contributed by atoms with Crippen molar-refractivity contribution in [1.29, 1.82) is 0 Å². The van der Waals surface area contributed by atoms with Crippen molar-refractivity contribution in [2.24, 2.45) is 0 Å². The molecule has 5 nitrogen and oxygen atoms in total. The van der Waals surface area contributed by atoms with Gasteiger partial charge in [-0.25, -0.2) is 4.39 Å². The zero-order valence-corrected chi connectivity index (χ0v) is 17.4. The molecule has 3 aromatic rings. The number of ketones is 1. The Morgan fingerprint density at radius 1 is 0.968 bits per heavy atom. The third kappa shape index (κ3) is 3.97. The fourth-order valence-corrected chi connectivity index (χ4v) is 3.43. The van der Waals surface area contributed by atoms with Gasteiger partial charge in [-0.15, -0.1) is 0 Å². The highest BCUT2D eigenvalue weighted by Crippen LogP contribution is 2.40. The van der Waals surface area contributed by atoms with Crippen LogP contribution in [0.3, 0.4) is 0 Å². The van der Waals surface area contributed by atoms with Crippen LogP contribution in [0.4, 0.5) is 4.39 Å². The molecule has 1 aliphatic rings. The number of methoxy groups -OCH3 is 2. The number of hydrogen-bond donors (Lipinski definition) is 0. The number of para-hydroxylation sites is 1. The molecule has 0 aliphatic carbocycles. The lowest BCUT2D eigenvalue weighted by atomic mass is 10.1. The summed E-state index contributed by atoms with van der Waals surface area (Å²) in [5.41, 5.74) is 2.70. The van der Waals surface area contributed by atoms with Crippen molar-refractivity contribution in [1.82, 2.24) is 0 Å². The van der Waals surface area contributed by atoms with E-state index in [2.05, 4.69) is 0 Å². The highest BCUT2D eigenvalue weighted by molar-refractivity contribution is 6.15. The van der Waals surface area contributed by atoms with Gasteiger partial charge in [-0.05, 0) is 48.9 Å². The van der Waals surface area contributed by atoms with Crippen molar-refractivity contribution in [3.8, 4) is 23.0 Å². The predicted octanol–water partition coefficient (Wildman–Crippen LogP) is 5.35. The second-order valence-corrected chi connectivity index (χ2v) is 7.00. The highest BCUT2D eigenvalue weighted by Gasteiger charge is 2.30. The van der Waals surface area contributed by atoms with Crippen LogP contribution in [0, 0.1) is 12.7 Å². The van der Waals surface area contributed by atoms with Crippen LogP contribution in [0.5, 0.6) is 23.0 Å².